The lowest BCUT2D eigenvalue weighted by atomic mass is 9.82. The number of rotatable bonds is 9. The van der Waals surface area contributed by atoms with Crippen LogP contribution in [0.5, 0.6) is 0 Å². The van der Waals surface area contributed by atoms with Crippen molar-refractivity contribution in [2.75, 3.05) is 4.90 Å². The fourth-order valence-corrected chi connectivity index (χ4v) is 12.6. The molecule has 0 spiro atoms. The summed E-state index contributed by atoms with van der Waals surface area (Å²) < 4.78 is 0. The zero-order valence-electron chi connectivity index (χ0n) is 42.2. The second-order valence-corrected chi connectivity index (χ2v) is 20.3. The van der Waals surface area contributed by atoms with Crippen LogP contribution in [-0.2, 0) is 0 Å². The normalized spacial score (nSPS) is 11.6. The molecule has 358 valence electrons. The molecule has 77 heavy (non-hydrogen) atoms. The Morgan fingerprint density at radius 3 is 0.961 bits per heavy atom. The van der Waals surface area contributed by atoms with Crippen LogP contribution in [0, 0.1) is 0 Å². The Bertz CT molecular complexity index is 4540. The van der Waals surface area contributed by atoms with Crippen molar-refractivity contribution in [1.29, 1.82) is 0 Å². The van der Waals surface area contributed by atoms with Gasteiger partial charge in [0.2, 0.25) is 0 Å². The first kappa shape index (κ1) is 44.4. The van der Waals surface area contributed by atoms with Crippen LogP contribution in [0.25, 0.3) is 132 Å². The predicted octanol–water partition coefficient (Wildman–Crippen LogP) is 21.4. The Labute approximate surface area is 448 Å². The van der Waals surface area contributed by atoms with Gasteiger partial charge >= 0.3 is 0 Å². The number of hydrogen-bond donors (Lipinski definition) is 0. The SMILES string of the molecule is c1ccc(-c2c3c(c(-c4ccccc4)c4cc(-c5ccc(N(c6ccccc6)c6ccc(-c7ccc8c(-c9ccccc9)c9ccccc9c(-c9ccccc9)c8c7)cc6)cc5)ccc24)-c2cccc4cccc-3c24)cc1. The van der Waals surface area contributed by atoms with Crippen LogP contribution in [0.15, 0.2) is 297 Å². The molecule has 1 aliphatic rings. The first-order valence-corrected chi connectivity index (χ1v) is 26.7. The highest BCUT2D eigenvalue weighted by molar-refractivity contribution is 6.28. The first-order chi connectivity index (χ1) is 38.2. The van der Waals surface area contributed by atoms with Gasteiger partial charge in [-0.3, -0.25) is 0 Å². The maximum Gasteiger partial charge on any atom is 0.0462 e. The number of hydrogen-bond acceptors (Lipinski definition) is 1. The van der Waals surface area contributed by atoms with Crippen molar-refractivity contribution < 1.29 is 0 Å². The quantitative estimate of drug-likeness (QED) is 0.130. The molecule has 14 aromatic carbocycles. The highest BCUT2D eigenvalue weighted by Crippen LogP contribution is 2.58. The molecular weight excluding hydrogens is 927 g/mol. The molecule has 0 saturated carbocycles. The molecule has 14 aromatic rings. The van der Waals surface area contributed by atoms with Gasteiger partial charge < -0.3 is 4.90 Å². The molecule has 0 saturated heterocycles. The molecular formula is C76H49N. The molecule has 15 rings (SSSR count). The van der Waals surface area contributed by atoms with E-state index in [1.54, 1.807) is 0 Å². The summed E-state index contributed by atoms with van der Waals surface area (Å²) in [6.45, 7) is 0. The van der Waals surface area contributed by atoms with Crippen LogP contribution in [0.3, 0.4) is 0 Å². The Morgan fingerprint density at radius 2 is 0.506 bits per heavy atom. The van der Waals surface area contributed by atoms with Gasteiger partial charge in [0.05, 0.1) is 0 Å². The zero-order valence-corrected chi connectivity index (χ0v) is 42.2. The molecule has 0 aliphatic heterocycles. The lowest BCUT2D eigenvalue weighted by Crippen LogP contribution is -2.09. The van der Waals surface area contributed by atoms with Crippen LogP contribution in [0.4, 0.5) is 17.1 Å². The molecule has 0 N–H and O–H groups in total. The van der Waals surface area contributed by atoms with Gasteiger partial charge in [-0.25, -0.2) is 0 Å². The molecule has 0 bridgehead atoms. The fraction of sp³-hybridized carbons (Fsp3) is 0. The summed E-state index contributed by atoms with van der Waals surface area (Å²) in [7, 11) is 0. The van der Waals surface area contributed by atoms with Crippen molar-refractivity contribution in [3.8, 4) is 89.0 Å². The van der Waals surface area contributed by atoms with E-state index in [0.717, 1.165) is 17.1 Å². The molecule has 0 amide bonds. The van der Waals surface area contributed by atoms with Gasteiger partial charge in [-0.2, -0.15) is 0 Å². The molecule has 0 aromatic heterocycles. The highest BCUT2D eigenvalue weighted by atomic mass is 15.1. The second-order valence-electron chi connectivity index (χ2n) is 20.3. The number of fused-ring (bicyclic) bond motifs is 6. The molecule has 0 atom stereocenters. The van der Waals surface area contributed by atoms with Crippen LogP contribution in [-0.4, -0.2) is 0 Å². The van der Waals surface area contributed by atoms with Crippen molar-refractivity contribution in [3.63, 3.8) is 0 Å². The van der Waals surface area contributed by atoms with E-state index in [9.17, 15) is 0 Å². The van der Waals surface area contributed by atoms with Crippen LogP contribution in [0.1, 0.15) is 0 Å². The average molecular weight is 976 g/mol. The van der Waals surface area contributed by atoms with E-state index < -0.39 is 0 Å². The van der Waals surface area contributed by atoms with Crippen molar-refractivity contribution in [2.24, 2.45) is 0 Å². The van der Waals surface area contributed by atoms with E-state index in [1.807, 2.05) is 0 Å². The summed E-state index contributed by atoms with van der Waals surface area (Å²) >= 11 is 0. The lowest BCUT2D eigenvalue weighted by molar-refractivity contribution is 1.28. The van der Waals surface area contributed by atoms with Gasteiger partial charge in [-0.05, 0) is 181 Å². The van der Waals surface area contributed by atoms with Gasteiger partial charge in [0, 0.05) is 17.1 Å². The molecule has 1 heteroatoms. The van der Waals surface area contributed by atoms with E-state index in [-0.39, 0.29) is 0 Å². The van der Waals surface area contributed by atoms with E-state index in [4.69, 9.17) is 0 Å². The van der Waals surface area contributed by atoms with Crippen molar-refractivity contribution in [1.82, 2.24) is 0 Å². The minimum Gasteiger partial charge on any atom is -0.311 e. The number of benzene rings is 14. The molecule has 0 unspecified atom stereocenters. The monoisotopic (exact) mass is 975 g/mol. The largest absolute Gasteiger partial charge is 0.311 e. The summed E-state index contributed by atoms with van der Waals surface area (Å²) in [4.78, 5) is 2.36. The molecule has 0 fully saturated rings. The van der Waals surface area contributed by atoms with E-state index in [2.05, 4.69) is 302 Å². The molecule has 1 aliphatic carbocycles. The first-order valence-electron chi connectivity index (χ1n) is 26.7. The maximum absolute atomic E-state index is 2.44. The van der Waals surface area contributed by atoms with Gasteiger partial charge in [-0.1, -0.05) is 249 Å². The maximum atomic E-state index is 2.44. The van der Waals surface area contributed by atoms with Gasteiger partial charge in [0.1, 0.15) is 0 Å². The molecule has 0 radical (unpaired) electrons. The molecule has 1 nitrogen and oxygen atoms in total. The standard InChI is InChI=1S/C76H49N/c1-6-20-52(21-7-1)70-62-32-16-17-33-63(62)71(53-22-8-2-9-23-53)68-48-57(40-46-64(68)70)50-36-42-60(43-37-50)77(59-30-14-5-15-31-59)61-44-38-51(39-45-61)58-41-47-65-69(49-58)74(56-26-12-4-13-27-56)76-67-35-19-29-54-28-18-34-66(72(54)67)75(76)73(65)55-24-10-3-11-25-55/h1-49H. The second kappa shape index (κ2) is 18.4. The Morgan fingerprint density at radius 1 is 0.182 bits per heavy atom. The van der Waals surface area contributed by atoms with Crippen LogP contribution in [0.2, 0.25) is 0 Å². The van der Waals surface area contributed by atoms with E-state index in [0.29, 0.717) is 0 Å². The van der Waals surface area contributed by atoms with E-state index in [1.165, 1.54) is 132 Å². The zero-order chi connectivity index (χ0) is 50.8. The third kappa shape index (κ3) is 7.39. The van der Waals surface area contributed by atoms with Gasteiger partial charge in [0.25, 0.3) is 0 Å². The summed E-state index contributed by atoms with van der Waals surface area (Å²) in [5.74, 6) is 0. The number of anilines is 3. The van der Waals surface area contributed by atoms with Crippen LogP contribution < -0.4 is 4.90 Å². The average Bonchev–Trinajstić information content (AvgIpc) is 4.04. The third-order valence-corrected chi connectivity index (χ3v) is 16.0. The minimum absolute atomic E-state index is 1.09. The Hall–Kier alpha value is -10.1. The third-order valence-electron chi connectivity index (χ3n) is 16.0. The minimum atomic E-state index is 1.09. The summed E-state index contributed by atoms with van der Waals surface area (Å²) in [5, 5.41) is 10.1. The predicted molar refractivity (Wildman–Crippen MR) is 328 cm³/mol. The van der Waals surface area contributed by atoms with Crippen molar-refractivity contribution >= 4 is 60.2 Å². The van der Waals surface area contributed by atoms with Gasteiger partial charge in [0.15, 0.2) is 0 Å². The number of para-hydroxylation sites is 1. The summed E-state index contributed by atoms with van der Waals surface area (Å²) in [6, 6.07) is 109. The van der Waals surface area contributed by atoms with Crippen molar-refractivity contribution in [3.05, 3.63) is 297 Å². The molecule has 0 heterocycles. The highest BCUT2D eigenvalue weighted by Gasteiger charge is 2.31. The smallest absolute Gasteiger partial charge is 0.0462 e. The van der Waals surface area contributed by atoms with Crippen LogP contribution >= 0.6 is 0 Å². The number of nitrogens with zero attached hydrogens (tertiary/aromatic N) is 1. The van der Waals surface area contributed by atoms with Gasteiger partial charge in [-0.15, -0.1) is 0 Å². The fourth-order valence-electron chi connectivity index (χ4n) is 12.6. The topological polar surface area (TPSA) is 3.24 Å². The summed E-state index contributed by atoms with van der Waals surface area (Å²) in [5.41, 5.74) is 23.2. The Kier molecular flexibility index (Phi) is 10.6. The van der Waals surface area contributed by atoms with E-state index >= 15 is 0 Å². The lowest BCUT2D eigenvalue weighted by Gasteiger charge is -2.26. The Balaban J connectivity index is 0.840. The van der Waals surface area contributed by atoms with Crippen molar-refractivity contribution in [2.45, 2.75) is 0 Å². The summed E-state index contributed by atoms with van der Waals surface area (Å²) in [6.07, 6.45) is 0.